The number of hydrogen-bond acceptors (Lipinski definition) is 5. The summed E-state index contributed by atoms with van der Waals surface area (Å²) in [6.45, 7) is -0.515. The number of esters is 1. The Morgan fingerprint density at radius 2 is 1.63 bits per heavy atom. The summed E-state index contributed by atoms with van der Waals surface area (Å²) < 4.78 is 5.13. The van der Waals surface area contributed by atoms with E-state index in [0.29, 0.717) is 18.5 Å². The standard InChI is InChI=1S/C23H23N3O4/c1-26(17-9-3-2-4-10-17)21(28)18-11-5-6-12-19(18)22(29)30-15-20(27)25-23(16-24)13-7-8-14-23/h2-6,9-12H,7-8,13-15H2,1H3,(H,25,27). The maximum atomic E-state index is 12.9. The average Bonchev–Trinajstić information content (AvgIpc) is 3.26. The van der Waals surface area contributed by atoms with Crippen LogP contribution < -0.4 is 10.2 Å². The second kappa shape index (κ2) is 9.23. The van der Waals surface area contributed by atoms with Gasteiger partial charge < -0.3 is 15.0 Å². The number of para-hydroxylation sites is 1. The van der Waals surface area contributed by atoms with Crippen LogP contribution in [0.1, 0.15) is 46.4 Å². The van der Waals surface area contributed by atoms with Gasteiger partial charge in [0, 0.05) is 12.7 Å². The molecule has 0 heterocycles. The summed E-state index contributed by atoms with van der Waals surface area (Å²) in [5.74, 6) is -1.67. The molecular formula is C23H23N3O4. The molecule has 3 rings (SSSR count). The van der Waals surface area contributed by atoms with Crippen LogP contribution in [0, 0.1) is 11.3 Å². The average molecular weight is 405 g/mol. The van der Waals surface area contributed by atoms with E-state index in [9.17, 15) is 19.6 Å². The number of nitrogens with one attached hydrogen (secondary N) is 1. The van der Waals surface area contributed by atoms with Crippen molar-refractivity contribution in [3.63, 3.8) is 0 Å². The van der Waals surface area contributed by atoms with Crippen molar-refractivity contribution in [1.82, 2.24) is 5.32 Å². The first kappa shape index (κ1) is 21.1. The largest absolute Gasteiger partial charge is 0.452 e. The molecule has 1 N–H and O–H groups in total. The Morgan fingerprint density at radius 3 is 2.27 bits per heavy atom. The molecule has 7 heteroatoms. The minimum Gasteiger partial charge on any atom is -0.452 e. The summed E-state index contributed by atoms with van der Waals surface area (Å²) in [6.07, 6.45) is 2.93. The number of rotatable bonds is 6. The fourth-order valence-corrected chi connectivity index (χ4v) is 3.55. The number of carbonyl (C=O) groups excluding carboxylic acids is 3. The van der Waals surface area contributed by atoms with Gasteiger partial charge in [0.15, 0.2) is 6.61 Å². The van der Waals surface area contributed by atoms with Gasteiger partial charge in [-0.15, -0.1) is 0 Å². The lowest BCUT2D eigenvalue weighted by molar-refractivity contribution is -0.125. The maximum absolute atomic E-state index is 12.9. The summed E-state index contributed by atoms with van der Waals surface area (Å²) in [5.41, 5.74) is 0.0614. The molecule has 0 aromatic heterocycles. The highest BCUT2D eigenvalue weighted by molar-refractivity contribution is 6.12. The van der Waals surface area contributed by atoms with Crippen LogP contribution in [-0.4, -0.2) is 37.0 Å². The molecular weight excluding hydrogens is 382 g/mol. The van der Waals surface area contributed by atoms with Crippen LogP contribution >= 0.6 is 0 Å². The van der Waals surface area contributed by atoms with Crippen LogP contribution in [0.2, 0.25) is 0 Å². The van der Waals surface area contributed by atoms with Crippen molar-refractivity contribution in [2.24, 2.45) is 0 Å². The molecule has 0 bridgehead atoms. The van der Waals surface area contributed by atoms with Crippen LogP contribution in [0.5, 0.6) is 0 Å². The zero-order valence-electron chi connectivity index (χ0n) is 16.8. The van der Waals surface area contributed by atoms with Crippen molar-refractivity contribution in [3.8, 4) is 6.07 Å². The van der Waals surface area contributed by atoms with E-state index in [4.69, 9.17) is 4.74 Å². The summed E-state index contributed by atoms with van der Waals surface area (Å²) in [7, 11) is 1.62. The Labute approximate surface area is 175 Å². The Morgan fingerprint density at radius 1 is 1.03 bits per heavy atom. The third kappa shape index (κ3) is 4.66. The minimum absolute atomic E-state index is 0.0777. The van der Waals surface area contributed by atoms with Gasteiger partial charge in [-0.1, -0.05) is 30.3 Å². The highest BCUT2D eigenvalue weighted by atomic mass is 16.5. The van der Waals surface area contributed by atoms with E-state index in [-0.39, 0.29) is 17.0 Å². The van der Waals surface area contributed by atoms with Crippen molar-refractivity contribution >= 4 is 23.5 Å². The topological polar surface area (TPSA) is 99.5 Å². The van der Waals surface area contributed by atoms with E-state index >= 15 is 0 Å². The number of nitrogens with zero attached hydrogens (tertiary/aromatic N) is 2. The van der Waals surface area contributed by atoms with Gasteiger partial charge in [0.1, 0.15) is 5.54 Å². The summed E-state index contributed by atoms with van der Waals surface area (Å²) in [4.78, 5) is 39.1. The van der Waals surface area contributed by atoms with E-state index in [1.807, 2.05) is 18.2 Å². The number of ether oxygens (including phenoxy) is 1. The predicted molar refractivity (Wildman–Crippen MR) is 111 cm³/mol. The van der Waals surface area contributed by atoms with Gasteiger partial charge in [-0.25, -0.2) is 4.79 Å². The van der Waals surface area contributed by atoms with Crippen LogP contribution in [-0.2, 0) is 9.53 Å². The van der Waals surface area contributed by atoms with E-state index in [1.165, 1.54) is 11.0 Å². The number of nitriles is 1. The van der Waals surface area contributed by atoms with Crippen LogP contribution in [0.25, 0.3) is 0 Å². The smallest absolute Gasteiger partial charge is 0.339 e. The van der Waals surface area contributed by atoms with Crippen molar-refractivity contribution in [1.29, 1.82) is 5.26 Å². The molecule has 0 saturated heterocycles. The molecule has 1 fully saturated rings. The number of carbonyl (C=O) groups is 3. The van der Waals surface area contributed by atoms with Gasteiger partial charge >= 0.3 is 5.97 Å². The van der Waals surface area contributed by atoms with Gasteiger partial charge in [-0.3, -0.25) is 9.59 Å². The quantitative estimate of drug-likeness (QED) is 0.745. The molecule has 0 atom stereocenters. The Kier molecular flexibility index (Phi) is 6.48. The fourth-order valence-electron chi connectivity index (χ4n) is 3.55. The van der Waals surface area contributed by atoms with Gasteiger partial charge in [-0.2, -0.15) is 5.26 Å². The lowest BCUT2D eigenvalue weighted by Crippen LogP contribution is -2.46. The van der Waals surface area contributed by atoms with E-state index in [2.05, 4.69) is 11.4 Å². The first-order chi connectivity index (χ1) is 14.5. The Hall–Kier alpha value is -3.66. The zero-order valence-corrected chi connectivity index (χ0v) is 16.8. The maximum Gasteiger partial charge on any atom is 0.339 e. The molecule has 2 amide bonds. The third-order valence-electron chi connectivity index (χ3n) is 5.21. The normalized spacial score (nSPS) is 14.4. The van der Waals surface area contributed by atoms with Gasteiger partial charge in [0.2, 0.25) is 0 Å². The molecule has 1 aliphatic rings. The second-order valence-electron chi connectivity index (χ2n) is 7.27. The zero-order chi connectivity index (χ0) is 21.6. The molecule has 30 heavy (non-hydrogen) atoms. The van der Waals surface area contributed by atoms with Gasteiger partial charge in [-0.05, 0) is 49.9 Å². The molecule has 2 aromatic rings. The molecule has 0 aliphatic heterocycles. The highest BCUT2D eigenvalue weighted by Gasteiger charge is 2.35. The number of amides is 2. The SMILES string of the molecule is CN(C(=O)c1ccccc1C(=O)OCC(=O)NC1(C#N)CCCC1)c1ccccc1. The minimum atomic E-state index is -0.879. The molecule has 1 saturated carbocycles. The summed E-state index contributed by atoms with van der Waals surface area (Å²) in [5, 5.41) is 12.0. The van der Waals surface area contributed by atoms with Crippen LogP contribution in [0.15, 0.2) is 54.6 Å². The highest BCUT2D eigenvalue weighted by Crippen LogP contribution is 2.28. The molecule has 154 valence electrons. The molecule has 7 nitrogen and oxygen atoms in total. The van der Waals surface area contributed by atoms with Crippen molar-refractivity contribution < 1.29 is 19.1 Å². The monoisotopic (exact) mass is 405 g/mol. The predicted octanol–water partition coefficient (Wildman–Crippen LogP) is 3.07. The molecule has 0 spiro atoms. The van der Waals surface area contributed by atoms with Crippen molar-refractivity contribution in [3.05, 3.63) is 65.7 Å². The third-order valence-corrected chi connectivity index (χ3v) is 5.21. The molecule has 1 aliphatic carbocycles. The number of benzene rings is 2. The van der Waals surface area contributed by atoms with E-state index < -0.39 is 24.0 Å². The number of hydrogen-bond donors (Lipinski definition) is 1. The van der Waals surface area contributed by atoms with Crippen LogP contribution in [0.4, 0.5) is 5.69 Å². The lowest BCUT2D eigenvalue weighted by Gasteiger charge is -2.22. The molecule has 0 unspecified atom stereocenters. The van der Waals surface area contributed by atoms with Gasteiger partial charge in [0.05, 0.1) is 17.2 Å². The second-order valence-corrected chi connectivity index (χ2v) is 7.27. The fraction of sp³-hybridized carbons (Fsp3) is 0.304. The summed E-state index contributed by atoms with van der Waals surface area (Å²) >= 11 is 0. The first-order valence-corrected chi connectivity index (χ1v) is 9.77. The Bertz CT molecular complexity index is 975. The molecule has 2 aromatic carbocycles. The van der Waals surface area contributed by atoms with Gasteiger partial charge in [0.25, 0.3) is 11.8 Å². The van der Waals surface area contributed by atoms with Crippen molar-refractivity contribution in [2.45, 2.75) is 31.2 Å². The number of anilines is 1. The Balaban J connectivity index is 1.68. The molecule has 0 radical (unpaired) electrons. The first-order valence-electron chi connectivity index (χ1n) is 9.77. The van der Waals surface area contributed by atoms with Crippen LogP contribution in [0.3, 0.4) is 0 Å². The lowest BCUT2D eigenvalue weighted by atomic mass is 10.00. The van der Waals surface area contributed by atoms with E-state index in [1.54, 1.807) is 37.4 Å². The summed E-state index contributed by atoms with van der Waals surface area (Å²) in [6, 6.07) is 17.5. The van der Waals surface area contributed by atoms with Crippen molar-refractivity contribution in [2.75, 3.05) is 18.6 Å². The van der Waals surface area contributed by atoms with E-state index in [0.717, 1.165) is 12.8 Å².